The average Bonchev–Trinajstić information content (AvgIpc) is 2.03. The highest BCUT2D eigenvalue weighted by Crippen LogP contribution is 1.99. The van der Waals surface area contributed by atoms with Crippen molar-refractivity contribution in [2.24, 2.45) is 0 Å². The van der Waals surface area contributed by atoms with E-state index in [-0.39, 0.29) is 0 Å². The quantitative estimate of drug-likeness (QED) is 0.593. The predicted molar refractivity (Wildman–Crippen MR) is 58.9 cm³/mol. The fraction of sp³-hybridized carbons (Fsp3) is 1.00. The predicted octanol–water partition coefficient (Wildman–Crippen LogP) is 2.08. The minimum absolute atomic E-state index is 1.16. The summed E-state index contributed by atoms with van der Waals surface area (Å²) < 4.78 is 0. The summed E-state index contributed by atoms with van der Waals surface area (Å²) in [6.45, 7) is 4.57. The maximum Gasteiger partial charge on any atom is 0.00553 e. The molecule has 0 saturated heterocycles. The third kappa shape index (κ3) is 10.7. The maximum absolute atomic E-state index is 3.41. The van der Waals surface area contributed by atoms with Crippen LogP contribution in [0.3, 0.4) is 0 Å². The van der Waals surface area contributed by atoms with Gasteiger partial charge in [0.25, 0.3) is 0 Å². The molecule has 0 aliphatic rings. The van der Waals surface area contributed by atoms with Gasteiger partial charge in [0.15, 0.2) is 0 Å². The lowest BCUT2D eigenvalue weighted by atomic mass is 10.5. The summed E-state index contributed by atoms with van der Waals surface area (Å²) in [5.41, 5.74) is 0. The smallest absolute Gasteiger partial charge is 0.00553 e. The van der Waals surface area contributed by atoms with Gasteiger partial charge in [-0.05, 0) is 30.7 Å². The standard InChI is InChI=1S/C8H19NS2/c1-3-11-7-4-5-9-6-8-10-2/h9H,3-8H2,1-2H3. The Labute approximate surface area is 79.1 Å². The van der Waals surface area contributed by atoms with E-state index in [4.69, 9.17) is 0 Å². The lowest BCUT2D eigenvalue weighted by Crippen LogP contribution is -2.18. The van der Waals surface area contributed by atoms with Gasteiger partial charge in [-0.15, -0.1) is 0 Å². The van der Waals surface area contributed by atoms with Gasteiger partial charge in [-0.3, -0.25) is 0 Å². The van der Waals surface area contributed by atoms with Crippen molar-refractivity contribution in [2.75, 3.05) is 36.6 Å². The molecule has 0 aromatic rings. The highest BCUT2D eigenvalue weighted by atomic mass is 32.2. The molecule has 0 amide bonds. The van der Waals surface area contributed by atoms with Crippen LogP contribution in [0, 0.1) is 0 Å². The van der Waals surface area contributed by atoms with E-state index in [0.717, 1.165) is 6.54 Å². The van der Waals surface area contributed by atoms with Crippen LogP contribution in [0.25, 0.3) is 0 Å². The van der Waals surface area contributed by atoms with Crippen LogP contribution in [0.1, 0.15) is 13.3 Å². The zero-order valence-electron chi connectivity index (χ0n) is 7.56. The van der Waals surface area contributed by atoms with Crippen LogP contribution in [-0.4, -0.2) is 36.6 Å². The van der Waals surface area contributed by atoms with Crippen molar-refractivity contribution in [3.63, 3.8) is 0 Å². The molecular formula is C8H19NS2. The second kappa shape index (κ2) is 10.7. The highest BCUT2D eigenvalue weighted by Gasteiger charge is 1.87. The molecule has 0 rings (SSSR count). The molecule has 0 spiro atoms. The monoisotopic (exact) mass is 193 g/mol. The van der Waals surface area contributed by atoms with E-state index in [1.165, 1.54) is 30.2 Å². The SMILES string of the molecule is CCSCCCNCCSC. The van der Waals surface area contributed by atoms with Crippen LogP contribution < -0.4 is 5.32 Å². The molecule has 1 nitrogen and oxygen atoms in total. The Morgan fingerprint density at radius 3 is 2.64 bits per heavy atom. The fourth-order valence-electron chi connectivity index (χ4n) is 0.743. The molecule has 0 saturated carbocycles. The number of rotatable bonds is 8. The van der Waals surface area contributed by atoms with E-state index in [2.05, 4.69) is 18.5 Å². The average molecular weight is 193 g/mol. The van der Waals surface area contributed by atoms with Crippen molar-refractivity contribution < 1.29 is 0 Å². The molecule has 68 valence electrons. The summed E-state index contributed by atoms with van der Waals surface area (Å²) in [6.07, 6.45) is 3.46. The summed E-state index contributed by atoms with van der Waals surface area (Å²) in [4.78, 5) is 0. The highest BCUT2D eigenvalue weighted by molar-refractivity contribution is 7.99. The van der Waals surface area contributed by atoms with Gasteiger partial charge in [-0.25, -0.2) is 0 Å². The molecule has 0 aromatic carbocycles. The van der Waals surface area contributed by atoms with Crippen molar-refractivity contribution in [2.45, 2.75) is 13.3 Å². The van der Waals surface area contributed by atoms with Crippen molar-refractivity contribution in [3.8, 4) is 0 Å². The summed E-state index contributed by atoms with van der Waals surface area (Å²) in [7, 11) is 0. The largest absolute Gasteiger partial charge is 0.316 e. The van der Waals surface area contributed by atoms with Crippen molar-refractivity contribution in [1.82, 2.24) is 5.32 Å². The van der Waals surface area contributed by atoms with Crippen LogP contribution in [0.4, 0.5) is 0 Å². The van der Waals surface area contributed by atoms with E-state index in [1.807, 2.05) is 23.5 Å². The van der Waals surface area contributed by atoms with Crippen LogP contribution in [0.15, 0.2) is 0 Å². The van der Waals surface area contributed by atoms with E-state index in [0.29, 0.717) is 0 Å². The molecule has 1 N–H and O–H groups in total. The first-order valence-corrected chi connectivity index (χ1v) is 6.74. The van der Waals surface area contributed by atoms with Crippen molar-refractivity contribution >= 4 is 23.5 Å². The third-order valence-electron chi connectivity index (χ3n) is 1.33. The van der Waals surface area contributed by atoms with Gasteiger partial charge in [-0.2, -0.15) is 23.5 Å². The van der Waals surface area contributed by atoms with Gasteiger partial charge in [0.1, 0.15) is 0 Å². The Hall–Kier alpha value is 0.660. The molecule has 0 aromatic heterocycles. The van der Waals surface area contributed by atoms with Crippen LogP contribution >= 0.6 is 23.5 Å². The Balaban J connectivity index is 2.69. The van der Waals surface area contributed by atoms with Gasteiger partial charge >= 0.3 is 0 Å². The molecule has 0 fully saturated rings. The Kier molecular flexibility index (Phi) is 11.3. The van der Waals surface area contributed by atoms with Crippen LogP contribution in [0.2, 0.25) is 0 Å². The van der Waals surface area contributed by atoms with Crippen molar-refractivity contribution in [3.05, 3.63) is 0 Å². The molecule has 3 heteroatoms. The molecule has 0 unspecified atom stereocenters. The Bertz CT molecular complexity index is 61.1. The van der Waals surface area contributed by atoms with Crippen LogP contribution in [-0.2, 0) is 0 Å². The minimum atomic E-state index is 1.16. The van der Waals surface area contributed by atoms with Gasteiger partial charge in [0, 0.05) is 12.3 Å². The molecule has 11 heavy (non-hydrogen) atoms. The first kappa shape index (κ1) is 11.7. The molecule has 0 atom stereocenters. The number of hydrogen-bond donors (Lipinski definition) is 1. The summed E-state index contributed by atoms with van der Waals surface area (Å²) >= 11 is 3.93. The van der Waals surface area contributed by atoms with Gasteiger partial charge < -0.3 is 5.32 Å². The van der Waals surface area contributed by atoms with Gasteiger partial charge in [0.2, 0.25) is 0 Å². The van der Waals surface area contributed by atoms with Crippen molar-refractivity contribution in [1.29, 1.82) is 0 Å². The summed E-state index contributed by atoms with van der Waals surface area (Å²) in [6, 6.07) is 0. The summed E-state index contributed by atoms with van der Waals surface area (Å²) in [5, 5.41) is 3.41. The van der Waals surface area contributed by atoms with E-state index >= 15 is 0 Å². The first-order valence-electron chi connectivity index (χ1n) is 4.19. The first-order chi connectivity index (χ1) is 5.41. The minimum Gasteiger partial charge on any atom is -0.316 e. The van der Waals surface area contributed by atoms with E-state index in [1.54, 1.807) is 0 Å². The zero-order valence-corrected chi connectivity index (χ0v) is 9.19. The number of hydrogen-bond acceptors (Lipinski definition) is 3. The number of nitrogens with one attached hydrogen (secondary N) is 1. The molecule has 0 bridgehead atoms. The molecule has 0 heterocycles. The third-order valence-corrected chi connectivity index (χ3v) is 2.93. The Morgan fingerprint density at radius 2 is 2.00 bits per heavy atom. The number of thioether (sulfide) groups is 2. The molecule has 0 aliphatic heterocycles. The van der Waals surface area contributed by atoms with Gasteiger partial charge in [0.05, 0.1) is 0 Å². The maximum atomic E-state index is 3.41. The Morgan fingerprint density at radius 1 is 1.18 bits per heavy atom. The molecule has 0 aliphatic carbocycles. The van der Waals surface area contributed by atoms with Gasteiger partial charge in [-0.1, -0.05) is 6.92 Å². The van der Waals surface area contributed by atoms with E-state index in [9.17, 15) is 0 Å². The normalized spacial score (nSPS) is 10.4. The topological polar surface area (TPSA) is 12.0 Å². The lowest BCUT2D eigenvalue weighted by Gasteiger charge is -2.01. The lowest BCUT2D eigenvalue weighted by molar-refractivity contribution is 0.712. The summed E-state index contributed by atoms with van der Waals surface area (Å²) in [5.74, 6) is 3.80. The molecule has 0 radical (unpaired) electrons. The zero-order chi connectivity index (χ0) is 8.36. The molecular weight excluding hydrogens is 174 g/mol. The second-order valence-electron chi connectivity index (χ2n) is 2.29. The van der Waals surface area contributed by atoms with E-state index < -0.39 is 0 Å². The fourth-order valence-corrected chi connectivity index (χ4v) is 1.73. The second-order valence-corrected chi connectivity index (χ2v) is 4.67. The van der Waals surface area contributed by atoms with Crippen LogP contribution in [0.5, 0.6) is 0 Å².